The first-order valence-electron chi connectivity index (χ1n) is 6.46. The maximum absolute atomic E-state index is 13.0. The van der Waals surface area contributed by atoms with Gasteiger partial charge in [0.25, 0.3) is 0 Å². The fraction of sp³-hybridized carbons (Fsp3) is 0.500. The Morgan fingerprint density at radius 1 is 1.21 bits per heavy atom. The number of carbonyl (C=O) groups excluding carboxylic acids is 1. The maximum Gasteiger partial charge on any atom is 0.223 e. The summed E-state index contributed by atoms with van der Waals surface area (Å²) in [4.78, 5) is 11.9. The Labute approximate surface area is 110 Å². The van der Waals surface area contributed by atoms with Crippen molar-refractivity contribution in [3.63, 3.8) is 0 Å². The summed E-state index contributed by atoms with van der Waals surface area (Å²) in [7, 11) is 0. The molecule has 0 heterocycles. The molecule has 2 N–H and O–H groups in total. The van der Waals surface area contributed by atoms with Crippen LogP contribution in [-0.2, 0) is 11.3 Å². The highest BCUT2D eigenvalue weighted by Gasteiger charge is 2.24. The van der Waals surface area contributed by atoms with Crippen LogP contribution in [0, 0.1) is 17.6 Å². The van der Waals surface area contributed by atoms with Gasteiger partial charge in [0.05, 0.1) is 6.10 Å². The second-order valence-corrected chi connectivity index (χ2v) is 4.97. The SMILES string of the molecule is O=C(NCc1ccc(F)c(F)c1)C1CCC(O)CC1. The molecule has 0 bridgehead atoms. The summed E-state index contributed by atoms with van der Waals surface area (Å²) in [6.07, 6.45) is 2.33. The molecule has 0 unspecified atom stereocenters. The van der Waals surface area contributed by atoms with E-state index in [1.54, 1.807) is 0 Å². The highest BCUT2D eigenvalue weighted by molar-refractivity contribution is 5.78. The first-order valence-corrected chi connectivity index (χ1v) is 6.46. The predicted molar refractivity (Wildman–Crippen MR) is 66.2 cm³/mol. The fourth-order valence-corrected chi connectivity index (χ4v) is 2.32. The summed E-state index contributed by atoms with van der Waals surface area (Å²) < 4.78 is 25.7. The topological polar surface area (TPSA) is 49.3 Å². The lowest BCUT2D eigenvalue weighted by atomic mass is 9.87. The smallest absolute Gasteiger partial charge is 0.223 e. The van der Waals surface area contributed by atoms with Crippen molar-refractivity contribution >= 4 is 5.91 Å². The molecule has 1 amide bonds. The molecule has 0 spiro atoms. The molecule has 2 rings (SSSR count). The van der Waals surface area contributed by atoms with Gasteiger partial charge in [-0.15, -0.1) is 0 Å². The molecule has 104 valence electrons. The standard InChI is InChI=1S/C14H17F2NO2/c15-12-6-1-9(7-13(12)16)8-17-14(19)10-2-4-11(18)5-3-10/h1,6-7,10-11,18H,2-5,8H2,(H,17,19). The van der Waals surface area contributed by atoms with E-state index in [-0.39, 0.29) is 24.5 Å². The molecule has 0 aromatic heterocycles. The highest BCUT2D eigenvalue weighted by Crippen LogP contribution is 2.24. The summed E-state index contributed by atoms with van der Waals surface area (Å²) in [5.41, 5.74) is 0.531. The molecule has 0 saturated heterocycles. The minimum absolute atomic E-state index is 0.0865. The summed E-state index contributed by atoms with van der Waals surface area (Å²) >= 11 is 0. The van der Waals surface area contributed by atoms with Crippen molar-refractivity contribution in [3.8, 4) is 0 Å². The lowest BCUT2D eigenvalue weighted by Gasteiger charge is -2.24. The van der Waals surface area contributed by atoms with Crippen molar-refractivity contribution in [2.75, 3.05) is 0 Å². The molecular weight excluding hydrogens is 252 g/mol. The second kappa shape index (κ2) is 6.10. The van der Waals surface area contributed by atoms with Crippen molar-refractivity contribution in [2.24, 2.45) is 5.92 Å². The Hall–Kier alpha value is -1.49. The summed E-state index contributed by atoms with van der Waals surface area (Å²) in [6, 6.07) is 3.58. The van der Waals surface area contributed by atoms with E-state index in [0.29, 0.717) is 31.2 Å². The molecule has 1 aromatic carbocycles. The van der Waals surface area contributed by atoms with Crippen molar-refractivity contribution in [1.82, 2.24) is 5.32 Å². The third kappa shape index (κ3) is 3.73. The normalized spacial score (nSPS) is 23.1. The third-order valence-electron chi connectivity index (χ3n) is 3.52. The Balaban J connectivity index is 1.84. The van der Waals surface area contributed by atoms with Crippen molar-refractivity contribution < 1.29 is 18.7 Å². The lowest BCUT2D eigenvalue weighted by Crippen LogP contribution is -2.33. The second-order valence-electron chi connectivity index (χ2n) is 4.97. The zero-order valence-corrected chi connectivity index (χ0v) is 10.5. The van der Waals surface area contributed by atoms with E-state index >= 15 is 0 Å². The van der Waals surface area contributed by atoms with Gasteiger partial charge in [-0.25, -0.2) is 8.78 Å². The van der Waals surface area contributed by atoms with Gasteiger partial charge < -0.3 is 10.4 Å². The number of aliphatic hydroxyl groups is 1. The number of hydrogen-bond acceptors (Lipinski definition) is 2. The van der Waals surface area contributed by atoms with Crippen LogP contribution >= 0.6 is 0 Å². The Bertz CT molecular complexity index is 457. The molecule has 19 heavy (non-hydrogen) atoms. The Morgan fingerprint density at radius 2 is 1.89 bits per heavy atom. The van der Waals surface area contributed by atoms with Crippen LogP contribution in [0.5, 0.6) is 0 Å². The van der Waals surface area contributed by atoms with Crippen LogP contribution in [0.15, 0.2) is 18.2 Å². The molecule has 5 heteroatoms. The minimum atomic E-state index is -0.910. The van der Waals surface area contributed by atoms with Crippen LogP contribution in [0.4, 0.5) is 8.78 Å². The van der Waals surface area contributed by atoms with E-state index in [1.165, 1.54) is 6.07 Å². The molecule has 0 radical (unpaired) electrons. The number of hydrogen-bond donors (Lipinski definition) is 2. The average Bonchev–Trinajstić information content (AvgIpc) is 2.40. The van der Waals surface area contributed by atoms with E-state index in [2.05, 4.69) is 5.32 Å². The van der Waals surface area contributed by atoms with Gasteiger partial charge >= 0.3 is 0 Å². The zero-order valence-electron chi connectivity index (χ0n) is 10.5. The van der Waals surface area contributed by atoms with E-state index in [9.17, 15) is 18.7 Å². The molecular formula is C14H17F2NO2. The van der Waals surface area contributed by atoms with Gasteiger partial charge in [0.1, 0.15) is 0 Å². The number of amides is 1. The van der Waals surface area contributed by atoms with Gasteiger partial charge in [-0.3, -0.25) is 4.79 Å². The number of benzene rings is 1. The van der Waals surface area contributed by atoms with Crippen molar-refractivity contribution in [2.45, 2.75) is 38.3 Å². The predicted octanol–water partition coefficient (Wildman–Crippen LogP) is 2.13. The third-order valence-corrected chi connectivity index (χ3v) is 3.52. The van der Waals surface area contributed by atoms with Crippen LogP contribution in [-0.4, -0.2) is 17.1 Å². The van der Waals surface area contributed by atoms with Crippen molar-refractivity contribution in [1.29, 1.82) is 0 Å². The number of rotatable bonds is 3. The molecule has 1 aromatic rings. The quantitative estimate of drug-likeness (QED) is 0.883. The summed E-state index contributed by atoms with van der Waals surface area (Å²) in [6.45, 7) is 0.190. The van der Waals surface area contributed by atoms with E-state index in [4.69, 9.17) is 0 Å². The molecule has 0 atom stereocenters. The number of carbonyl (C=O) groups is 1. The van der Waals surface area contributed by atoms with Crippen LogP contribution in [0.25, 0.3) is 0 Å². The van der Waals surface area contributed by atoms with Crippen molar-refractivity contribution in [3.05, 3.63) is 35.4 Å². The van der Waals surface area contributed by atoms with Gasteiger partial charge in [-0.05, 0) is 43.4 Å². The van der Waals surface area contributed by atoms with Gasteiger partial charge in [0, 0.05) is 12.5 Å². The van der Waals surface area contributed by atoms with E-state index < -0.39 is 11.6 Å². The maximum atomic E-state index is 13.0. The molecule has 3 nitrogen and oxygen atoms in total. The molecule has 1 aliphatic rings. The molecule has 1 saturated carbocycles. The summed E-state index contributed by atoms with van der Waals surface area (Å²) in [5.74, 6) is -1.98. The van der Waals surface area contributed by atoms with Gasteiger partial charge in [-0.1, -0.05) is 6.07 Å². The van der Waals surface area contributed by atoms with E-state index in [1.807, 2.05) is 0 Å². The first kappa shape index (κ1) is 13.9. The van der Waals surface area contributed by atoms with Gasteiger partial charge in [0.2, 0.25) is 5.91 Å². The molecule has 0 aliphatic heterocycles. The van der Waals surface area contributed by atoms with Crippen LogP contribution < -0.4 is 5.32 Å². The van der Waals surface area contributed by atoms with Gasteiger partial charge in [0.15, 0.2) is 11.6 Å². The zero-order chi connectivity index (χ0) is 13.8. The number of nitrogens with one attached hydrogen (secondary N) is 1. The van der Waals surface area contributed by atoms with E-state index in [0.717, 1.165) is 12.1 Å². The summed E-state index contributed by atoms with van der Waals surface area (Å²) in [5, 5.41) is 12.1. The van der Waals surface area contributed by atoms with Gasteiger partial charge in [-0.2, -0.15) is 0 Å². The number of halogens is 2. The molecule has 1 aliphatic carbocycles. The minimum Gasteiger partial charge on any atom is -0.393 e. The van der Waals surface area contributed by atoms with Crippen LogP contribution in [0.3, 0.4) is 0 Å². The average molecular weight is 269 g/mol. The fourth-order valence-electron chi connectivity index (χ4n) is 2.32. The monoisotopic (exact) mass is 269 g/mol. The highest BCUT2D eigenvalue weighted by atomic mass is 19.2. The number of aliphatic hydroxyl groups excluding tert-OH is 1. The Kier molecular flexibility index (Phi) is 4.47. The largest absolute Gasteiger partial charge is 0.393 e. The molecule has 1 fully saturated rings. The lowest BCUT2D eigenvalue weighted by molar-refractivity contribution is -0.126. The van der Waals surface area contributed by atoms with Crippen LogP contribution in [0.2, 0.25) is 0 Å². The first-order chi connectivity index (χ1) is 9.06. The van der Waals surface area contributed by atoms with Crippen LogP contribution in [0.1, 0.15) is 31.2 Å². The Morgan fingerprint density at radius 3 is 2.53 bits per heavy atom.